The first-order valence-corrected chi connectivity index (χ1v) is 7.73. The van der Waals surface area contributed by atoms with Gasteiger partial charge in [0.1, 0.15) is 0 Å². The first-order valence-electron chi connectivity index (χ1n) is 6.56. The highest BCUT2D eigenvalue weighted by Crippen LogP contribution is 2.19. The number of carbonyl (C=O) groups is 1. The van der Waals surface area contributed by atoms with Crippen LogP contribution in [-0.2, 0) is 11.3 Å². The molecular formula is C16H16BrClN2O. The quantitative estimate of drug-likeness (QED) is 0.834. The van der Waals surface area contributed by atoms with E-state index in [9.17, 15) is 4.79 Å². The van der Waals surface area contributed by atoms with Gasteiger partial charge in [-0.1, -0.05) is 45.7 Å². The van der Waals surface area contributed by atoms with E-state index in [0.29, 0.717) is 11.6 Å². The van der Waals surface area contributed by atoms with E-state index in [0.717, 1.165) is 21.3 Å². The number of halogens is 2. The maximum Gasteiger partial charge on any atom is 0.238 e. The van der Waals surface area contributed by atoms with E-state index in [2.05, 4.69) is 26.6 Å². The van der Waals surface area contributed by atoms with Gasteiger partial charge in [0.05, 0.1) is 6.54 Å². The largest absolute Gasteiger partial charge is 0.325 e. The molecule has 21 heavy (non-hydrogen) atoms. The molecule has 0 unspecified atom stereocenters. The van der Waals surface area contributed by atoms with Gasteiger partial charge < -0.3 is 10.6 Å². The Labute approximate surface area is 137 Å². The van der Waals surface area contributed by atoms with Gasteiger partial charge in [-0.15, -0.1) is 0 Å². The number of benzene rings is 2. The highest BCUT2D eigenvalue weighted by molar-refractivity contribution is 9.10. The van der Waals surface area contributed by atoms with Crippen LogP contribution in [-0.4, -0.2) is 12.5 Å². The van der Waals surface area contributed by atoms with Crippen molar-refractivity contribution in [2.45, 2.75) is 13.5 Å². The molecule has 0 radical (unpaired) electrons. The lowest BCUT2D eigenvalue weighted by Crippen LogP contribution is -2.27. The van der Waals surface area contributed by atoms with Gasteiger partial charge in [0.15, 0.2) is 0 Å². The minimum Gasteiger partial charge on any atom is -0.325 e. The molecule has 2 aromatic carbocycles. The van der Waals surface area contributed by atoms with Gasteiger partial charge in [0.25, 0.3) is 0 Å². The number of nitrogens with one attached hydrogen (secondary N) is 2. The number of carbonyl (C=O) groups excluding carboxylic acids is 1. The Morgan fingerprint density at radius 2 is 1.90 bits per heavy atom. The van der Waals surface area contributed by atoms with E-state index in [1.165, 1.54) is 0 Å². The number of rotatable bonds is 5. The van der Waals surface area contributed by atoms with Gasteiger partial charge in [-0.05, 0) is 42.3 Å². The minimum absolute atomic E-state index is 0.0857. The molecule has 2 N–H and O–H groups in total. The topological polar surface area (TPSA) is 41.1 Å². The zero-order valence-corrected chi connectivity index (χ0v) is 14.0. The average molecular weight is 368 g/mol. The predicted octanol–water partition coefficient (Wildman–Crippen LogP) is 4.14. The molecule has 0 aliphatic rings. The van der Waals surface area contributed by atoms with Crippen LogP contribution >= 0.6 is 27.5 Å². The van der Waals surface area contributed by atoms with Crippen LogP contribution in [0.1, 0.15) is 11.1 Å². The summed E-state index contributed by atoms with van der Waals surface area (Å²) < 4.78 is 1.04. The lowest BCUT2D eigenvalue weighted by atomic mass is 10.2. The van der Waals surface area contributed by atoms with Crippen molar-refractivity contribution in [3.8, 4) is 0 Å². The third kappa shape index (κ3) is 5.16. The lowest BCUT2D eigenvalue weighted by Gasteiger charge is -2.09. The highest BCUT2D eigenvalue weighted by Gasteiger charge is 2.05. The van der Waals surface area contributed by atoms with Crippen LogP contribution in [0.25, 0.3) is 0 Å². The molecule has 0 saturated heterocycles. The van der Waals surface area contributed by atoms with Gasteiger partial charge in [0.2, 0.25) is 5.91 Å². The fraction of sp³-hybridized carbons (Fsp3) is 0.188. The van der Waals surface area contributed by atoms with Gasteiger partial charge in [-0.25, -0.2) is 0 Å². The molecule has 2 rings (SSSR count). The maximum absolute atomic E-state index is 11.9. The molecule has 3 nitrogen and oxygen atoms in total. The lowest BCUT2D eigenvalue weighted by molar-refractivity contribution is -0.115. The second-order valence-corrected chi connectivity index (χ2v) is 6.09. The smallest absolute Gasteiger partial charge is 0.238 e. The van der Waals surface area contributed by atoms with Gasteiger partial charge >= 0.3 is 0 Å². The van der Waals surface area contributed by atoms with Gasteiger partial charge in [-0.2, -0.15) is 0 Å². The van der Waals surface area contributed by atoms with Crippen molar-refractivity contribution in [3.05, 3.63) is 63.1 Å². The van der Waals surface area contributed by atoms with Gasteiger partial charge in [0, 0.05) is 21.7 Å². The number of aryl methyl sites for hydroxylation is 1. The summed E-state index contributed by atoms with van der Waals surface area (Å²) in [4.78, 5) is 11.9. The third-order valence-electron chi connectivity index (χ3n) is 3.00. The molecule has 0 aliphatic heterocycles. The fourth-order valence-electron chi connectivity index (χ4n) is 1.85. The Morgan fingerprint density at radius 1 is 1.19 bits per heavy atom. The SMILES string of the molecule is Cc1ccc(Cl)cc1NC(=O)CNCc1ccc(Br)cc1. The van der Waals surface area contributed by atoms with Crippen molar-refractivity contribution in [1.29, 1.82) is 0 Å². The summed E-state index contributed by atoms with van der Waals surface area (Å²) in [5.41, 5.74) is 2.86. The van der Waals surface area contributed by atoms with E-state index in [1.807, 2.05) is 37.3 Å². The Hall–Kier alpha value is -1.36. The molecule has 110 valence electrons. The number of hydrogen-bond donors (Lipinski definition) is 2. The summed E-state index contributed by atoms with van der Waals surface area (Å²) in [5.74, 6) is -0.0857. The number of anilines is 1. The zero-order chi connectivity index (χ0) is 15.2. The maximum atomic E-state index is 11.9. The van der Waals surface area contributed by atoms with E-state index in [-0.39, 0.29) is 12.5 Å². The molecule has 0 aliphatic carbocycles. The summed E-state index contributed by atoms with van der Waals surface area (Å²) in [7, 11) is 0. The Balaban J connectivity index is 1.82. The van der Waals surface area contributed by atoms with E-state index in [1.54, 1.807) is 12.1 Å². The second-order valence-electron chi connectivity index (χ2n) is 4.74. The summed E-state index contributed by atoms with van der Waals surface area (Å²) >= 11 is 9.32. The van der Waals surface area contributed by atoms with Crippen molar-refractivity contribution >= 4 is 39.1 Å². The molecule has 2 aromatic rings. The van der Waals surface area contributed by atoms with Crippen LogP contribution in [0, 0.1) is 6.92 Å². The molecule has 0 spiro atoms. The molecule has 0 fully saturated rings. The van der Waals surface area contributed by atoms with Crippen molar-refractivity contribution in [1.82, 2.24) is 5.32 Å². The Morgan fingerprint density at radius 3 is 2.62 bits per heavy atom. The molecule has 1 amide bonds. The van der Waals surface area contributed by atoms with Crippen molar-refractivity contribution in [2.75, 3.05) is 11.9 Å². The third-order valence-corrected chi connectivity index (χ3v) is 3.77. The fourth-order valence-corrected chi connectivity index (χ4v) is 2.28. The van der Waals surface area contributed by atoms with E-state index >= 15 is 0 Å². The van der Waals surface area contributed by atoms with E-state index < -0.39 is 0 Å². The molecule has 0 heterocycles. The second kappa shape index (κ2) is 7.59. The Bertz CT molecular complexity index is 629. The van der Waals surface area contributed by atoms with Crippen LogP contribution in [0.5, 0.6) is 0 Å². The standard InChI is InChI=1S/C16H16BrClN2O/c1-11-2-7-14(18)8-15(11)20-16(21)10-19-9-12-3-5-13(17)6-4-12/h2-8,19H,9-10H2,1H3,(H,20,21). The van der Waals surface area contributed by atoms with Crippen LogP contribution < -0.4 is 10.6 Å². The monoisotopic (exact) mass is 366 g/mol. The normalized spacial score (nSPS) is 10.4. The molecule has 0 atom stereocenters. The van der Waals surface area contributed by atoms with Crippen LogP contribution in [0.15, 0.2) is 46.9 Å². The zero-order valence-electron chi connectivity index (χ0n) is 11.6. The van der Waals surface area contributed by atoms with Crippen molar-refractivity contribution < 1.29 is 4.79 Å². The Kier molecular flexibility index (Phi) is 5.79. The highest BCUT2D eigenvalue weighted by atomic mass is 79.9. The summed E-state index contributed by atoms with van der Waals surface area (Å²) in [6, 6.07) is 13.4. The molecule has 5 heteroatoms. The van der Waals surface area contributed by atoms with Crippen LogP contribution in [0.3, 0.4) is 0 Å². The first-order chi connectivity index (χ1) is 10.0. The van der Waals surface area contributed by atoms with Gasteiger partial charge in [-0.3, -0.25) is 4.79 Å². The first kappa shape index (κ1) is 16.0. The van der Waals surface area contributed by atoms with Crippen molar-refractivity contribution in [2.24, 2.45) is 0 Å². The average Bonchev–Trinajstić information content (AvgIpc) is 2.45. The molecule has 0 saturated carbocycles. The number of hydrogen-bond acceptors (Lipinski definition) is 2. The molecule has 0 aromatic heterocycles. The summed E-state index contributed by atoms with van der Waals surface area (Å²) in [6.07, 6.45) is 0. The number of amides is 1. The van der Waals surface area contributed by atoms with Crippen LogP contribution in [0.2, 0.25) is 5.02 Å². The summed E-state index contributed by atoms with van der Waals surface area (Å²) in [5, 5.41) is 6.58. The molecule has 0 bridgehead atoms. The summed E-state index contributed by atoms with van der Waals surface area (Å²) in [6.45, 7) is 2.83. The molecular weight excluding hydrogens is 352 g/mol. The predicted molar refractivity (Wildman–Crippen MR) is 90.7 cm³/mol. The van der Waals surface area contributed by atoms with E-state index in [4.69, 9.17) is 11.6 Å². The van der Waals surface area contributed by atoms with Crippen LogP contribution in [0.4, 0.5) is 5.69 Å². The van der Waals surface area contributed by atoms with Crippen molar-refractivity contribution in [3.63, 3.8) is 0 Å². The minimum atomic E-state index is -0.0857.